The summed E-state index contributed by atoms with van der Waals surface area (Å²) in [4.78, 5) is 23.8. The molecule has 1 aromatic rings. The average molecular weight is 387 g/mol. The van der Waals surface area contributed by atoms with Crippen LogP contribution in [-0.4, -0.2) is 24.8 Å². The molecule has 1 heterocycles. The first kappa shape index (κ1) is 19.8. The van der Waals surface area contributed by atoms with Crippen LogP contribution >= 0.6 is 11.6 Å². The van der Waals surface area contributed by atoms with Gasteiger partial charge in [-0.1, -0.05) is 23.8 Å². The van der Waals surface area contributed by atoms with E-state index in [0.29, 0.717) is 19.3 Å². The van der Waals surface area contributed by atoms with Gasteiger partial charge in [0, 0.05) is 29.1 Å². The van der Waals surface area contributed by atoms with E-state index in [1.807, 2.05) is 18.2 Å². The summed E-state index contributed by atoms with van der Waals surface area (Å²) in [5, 5.41) is 7.28. The van der Waals surface area contributed by atoms with Gasteiger partial charge in [0.15, 0.2) is 5.78 Å². The van der Waals surface area contributed by atoms with E-state index in [2.05, 4.69) is 22.8 Å². The minimum atomic E-state index is 0.0483. The molecule has 0 fully saturated rings. The van der Waals surface area contributed by atoms with Crippen LogP contribution in [-0.2, 0) is 11.2 Å². The lowest BCUT2D eigenvalue weighted by molar-refractivity contribution is -0.116. The second-order valence-electron chi connectivity index (χ2n) is 7.17. The highest BCUT2D eigenvalue weighted by Crippen LogP contribution is 2.25. The van der Waals surface area contributed by atoms with Crippen molar-refractivity contribution in [3.05, 3.63) is 52.1 Å². The fourth-order valence-corrected chi connectivity index (χ4v) is 3.76. The number of allylic oxidation sites excluding steroid dienone is 3. The maximum absolute atomic E-state index is 12.4. The molecular weight excluding hydrogens is 360 g/mol. The number of nitrogens with one attached hydrogen (secondary N) is 2. The van der Waals surface area contributed by atoms with E-state index in [1.54, 1.807) is 0 Å². The number of hydrogen-bond donors (Lipinski definition) is 2. The molecule has 2 N–H and O–H groups in total. The quantitative estimate of drug-likeness (QED) is 0.475. The smallest absolute Gasteiger partial charge is 0.224 e. The van der Waals surface area contributed by atoms with Crippen LogP contribution in [0.4, 0.5) is 5.69 Å². The number of benzene rings is 1. The van der Waals surface area contributed by atoms with Gasteiger partial charge in [-0.2, -0.15) is 0 Å². The largest absolute Gasteiger partial charge is 0.326 e. The second-order valence-corrected chi connectivity index (χ2v) is 7.63. The van der Waals surface area contributed by atoms with Crippen LogP contribution < -0.4 is 10.6 Å². The molecule has 0 aromatic heterocycles. The number of amides is 1. The Kier molecular flexibility index (Phi) is 7.25. The number of ketones is 1. The highest BCUT2D eigenvalue weighted by atomic mass is 35.5. The molecule has 1 amide bonds. The molecule has 3 rings (SSSR count). The number of carbonyl (C=O) groups excluding carboxylic acids is 2. The first-order chi connectivity index (χ1) is 13.1. The van der Waals surface area contributed by atoms with E-state index in [1.165, 1.54) is 5.57 Å². The molecule has 27 heavy (non-hydrogen) atoms. The predicted octanol–water partition coefficient (Wildman–Crippen LogP) is 4.75. The molecule has 1 aliphatic carbocycles. The summed E-state index contributed by atoms with van der Waals surface area (Å²) in [6.45, 7) is 1.83. The molecule has 0 saturated carbocycles. The van der Waals surface area contributed by atoms with E-state index in [0.717, 1.165) is 67.0 Å². The van der Waals surface area contributed by atoms with Crippen LogP contribution in [0.3, 0.4) is 0 Å². The SMILES string of the molecule is O=C1CCc2cc(C(=O)CCCCNCCC3=C(Cl)CCC=C3)ccc2N1. The molecule has 0 bridgehead atoms. The summed E-state index contributed by atoms with van der Waals surface area (Å²) >= 11 is 6.23. The van der Waals surface area contributed by atoms with Gasteiger partial charge in [-0.05, 0) is 81.0 Å². The highest BCUT2D eigenvalue weighted by Gasteiger charge is 2.16. The summed E-state index contributed by atoms with van der Waals surface area (Å²) in [5.74, 6) is 0.228. The Bertz CT molecular complexity index is 768. The molecule has 0 unspecified atom stereocenters. The molecule has 0 radical (unpaired) electrons. The van der Waals surface area contributed by atoms with Crippen LogP contribution in [0.25, 0.3) is 0 Å². The van der Waals surface area contributed by atoms with Crippen molar-refractivity contribution in [2.45, 2.75) is 51.4 Å². The number of aryl methyl sites for hydroxylation is 1. The Morgan fingerprint density at radius 3 is 2.89 bits per heavy atom. The van der Waals surface area contributed by atoms with E-state index < -0.39 is 0 Å². The molecule has 1 aliphatic heterocycles. The zero-order valence-electron chi connectivity index (χ0n) is 15.7. The van der Waals surface area contributed by atoms with Gasteiger partial charge < -0.3 is 10.6 Å². The Labute approximate surface area is 166 Å². The first-order valence-electron chi connectivity index (χ1n) is 9.84. The maximum Gasteiger partial charge on any atom is 0.224 e. The third-order valence-corrected chi connectivity index (χ3v) is 5.53. The molecule has 4 nitrogen and oxygen atoms in total. The summed E-state index contributed by atoms with van der Waals surface area (Å²) < 4.78 is 0. The number of halogens is 1. The minimum Gasteiger partial charge on any atom is -0.326 e. The standard InChI is InChI=1S/C22H27ClN2O2/c23-19-6-2-1-5-16(19)12-14-24-13-4-3-7-21(26)18-8-10-20-17(15-18)9-11-22(27)25-20/h1,5,8,10,15,24H,2-4,6-7,9,11-14H2,(H,25,27). The average Bonchev–Trinajstić information content (AvgIpc) is 2.68. The summed E-state index contributed by atoms with van der Waals surface area (Å²) in [6, 6.07) is 5.60. The fraction of sp³-hybridized carbons (Fsp3) is 0.455. The number of fused-ring (bicyclic) bond motifs is 1. The van der Waals surface area contributed by atoms with Crippen molar-refractivity contribution in [1.82, 2.24) is 5.32 Å². The van der Waals surface area contributed by atoms with Crippen LogP contribution in [0, 0.1) is 0 Å². The lowest BCUT2D eigenvalue weighted by Crippen LogP contribution is -2.19. The topological polar surface area (TPSA) is 58.2 Å². The van der Waals surface area contributed by atoms with E-state index in [9.17, 15) is 9.59 Å². The summed E-state index contributed by atoms with van der Waals surface area (Å²) in [6.07, 6.45) is 10.9. The second kappa shape index (κ2) is 9.86. The number of unbranched alkanes of at least 4 members (excludes halogenated alkanes) is 1. The summed E-state index contributed by atoms with van der Waals surface area (Å²) in [7, 11) is 0. The van der Waals surface area contributed by atoms with Crippen molar-refractivity contribution in [2.24, 2.45) is 0 Å². The number of carbonyl (C=O) groups is 2. The third kappa shape index (κ3) is 5.78. The Hall–Kier alpha value is -1.91. The van der Waals surface area contributed by atoms with E-state index >= 15 is 0 Å². The van der Waals surface area contributed by atoms with Crippen LogP contribution in [0.15, 0.2) is 41.0 Å². The maximum atomic E-state index is 12.4. The summed E-state index contributed by atoms with van der Waals surface area (Å²) in [5.41, 5.74) is 3.90. The zero-order valence-corrected chi connectivity index (χ0v) is 16.4. The fourth-order valence-electron chi connectivity index (χ4n) is 3.49. The molecule has 0 atom stereocenters. The molecule has 144 valence electrons. The van der Waals surface area contributed by atoms with Crippen molar-refractivity contribution in [1.29, 1.82) is 0 Å². The monoisotopic (exact) mass is 386 g/mol. The lowest BCUT2D eigenvalue weighted by atomic mass is 9.97. The molecule has 0 spiro atoms. The van der Waals surface area contributed by atoms with Crippen molar-refractivity contribution in [3.8, 4) is 0 Å². The predicted molar refractivity (Wildman–Crippen MR) is 110 cm³/mol. The van der Waals surface area contributed by atoms with Crippen LogP contribution in [0.2, 0.25) is 0 Å². The van der Waals surface area contributed by atoms with Crippen molar-refractivity contribution in [3.63, 3.8) is 0 Å². The lowest BCUT2D eigenvalue weighted by Gasteiger charge is -2.17. The van der Waals surface area contributed by atoms with Gasteiger partial charge >= 0.3 is 0 Å². The molecule has 0 saturated heterocycles. The van der Waals surface area contributed by atoms with Gasteiger partial charge in [0.25, 0.3) is 0 Å². The third-order valence-electron chi connectivity index (χ3n) is 5.10. The minimum absolute atomic E-state index is 0.0483. The van der Waals surface area contributed by atoms with Crippen molar-refractivity contribution >= 4 is 29.0 Å². The van der Waals surface area contributed by atoms with Gasteiger partial charge in [0.05, 0.1) is 0 Å². The van der Waals surface area contributed by atoms with Gasteiger partial charge in [-0.15, -0.1) is 0 Å². The van der Waals surface area contributed by atoms with E-state index in [4.69, 9.17) is 11.6 Å². The van der Waals surface area contributed by atoms with E-state index in [-0.39, 0.29) is 11.7 Å². The molecule has 1 aromatic carbocycles. The van der Waals surface area contributed by atoms with Crippen molar-refractivity contribution < 1.29 is 9.59 Å². The first-order valence-corrected chi connectivity index (χ1v) is 10.2. The van der Waals surface area contributed by atoms with Crippen LogP contribution in [0.5, 0.6) is 0 Å². The number of anilines is 1. The Balaban J connectivity index is 1.33. The highest BCUT2D eigenvalue weighted by molar-refractivity contribution is 6.30. The number of rotatable bonds is 9. The van der Waals surface area contributed by atoms with Gasteiger partial charge in [0.1, 0.15) is 0 Å². The zero-order chi connectivity index (χ0) is 19.1. The van der Waals surface area contributed by atoms with Gasteiger partial charge in [0.2, 0.25) is 5.91 Å². The Morgan fingerprint density at radius 1 is 1.15 bits per heavy atom. The van der Waals surface area contributed by atoms with Gasteiger partial charge in [-0.3, -0.25) is 9.59 Å². The van der Waals surface area contributed by atoms with Crippen molar-refractivity contribution in [2.75, 3.05) is 18.4 Å². The normalized spacial score (nSPS) is 16.3. The molecule has 2 aliphatic rings. The molecular formula is C22H27ClN2O2. The number of Topliss-reactive ketones (excluding diaryl/α,β-unsaturated/α-hetero) is 1. The van der Waals surface area contributed by atoms with Gasteiger partial charge in [-0.25, -0.2) is 0 Å². The Morgan fingerprint density at radius 2 is 2.04 bits per heavy atom. The molecule has 5 heteroatoms. The van der Waals surface area contributed by atoms with Crippen LogP contribution in [0.1, 0.15) is 60.9 Å². The number of hydrogen-bond acceptors (Lipinski definition) is 3.